The predicted octanol–water partition coefficient (Wildman–Crippen LogP) is 3.12. The topological polar surface area (TPSA) is 38.3 Å². The number of nitrogens with one attached hydrogen (secondary N) is 1. The molecule has 1 aromatic carbocycles. The Hall–Kier alpha value is -1.49. The minimum Gasteiger partial charge on any atom is -0.381 e. The molecule has 0 spiro atoms. The van der Waals surface area contributed by atoms with Crippen LogP contribution in [0.5, 0.6) is 0 Å². The number of carbonyl (C=O) groups is 1. The lowest BCUT2D eigenvalue weighted by atomic mass is 9.89. The molecule has 0 aromatic heterocycles. The summed E-state index contributed by atoms with van der Waals surface area (Å²) >= 11 is 0. The van der Waals surface area contributed by atoms with Gasteiger partial charge in [-0.1, -0.05) is 0 Å². The molecule has 124 valence electrons. The highest BCUT2D eigenvalue weighted by atomic mass is 19.1. The molecule has 2 aliphatic carbocycles. The first kappa shape index (κ1) is 15.1. The van der Waals surface area contributed by atoms with Crippen LogP contribution in [0.2, 0.25) is 0 Å². The van der Waals surface area contributed by atoms with Crippen molar-refractivity contribution in [1.29, 1.82) is 0 Å². The molecule has 4 rings (SSSR count). The Morgan fingerprint density at radius 1 is 1.17 bits per heavy atom. The van der Waals surface area contributed by atoms with E-state index in [-0.39, 0.29) is 28.9 Å². The molecule has 1 aromatic rings. The molecule has 0 radical (unpaired) electrons. The molecule has 2 saturated carbocycles. The number of fused-ring (bicyclic) bond motifs is 1. The first-order valence-electron chi connectivity index (χ1n) is 8.36. The molecule has 1 amide bonds. The number of aryl methyl sites for hydroxylation is 1. The molecule has 1 unspecified atom stereocenters. The van der Waals surface area contributed by atoms with Gasteiger partial charge in [-0.05, 0) is 55.7 Å². The van der Waals surface area contributed by atoms with Crippen LogP contribution in [0.4, 0.5) is 8.78 Å². The third-order valence-corrected chi connectivity index (χ3v) is 5.66. The van der Waals surface area contributed by atoms with E-state index in [0.29, 0.717) is 25.0 Å². The SMILES string of the molecule is Cc1cc(F)c([C@H](NC(=O)C2C[C@@H]3C[C@@H]3C2)C2COC2)cc1F. The highest BCUT2D eigenvalue weighted by molar-refractivity contribution is 5.79. The minimum absolute atomic E-state index is 0.00601. The zero-order valence-electron chi connectivity index (χ0n) is 13.1. The van der Waals surface area contributed by atoms with E-state index in [4.69, 9.17) is 4.74 Å². The summed E-state index contributed by atoms with van der Waals surface area (Å²) in [6.07, 6.45) is 3.13. The van der Waals surface area contributed by atoms with Gasteiger partial charge in [0.1, 0.15) is 11.6 Å². The molecule has 23 heavy (non-hydrogen) atoms. The smallest absolute Gasteiger partial charge is 0.223 e. The van der Waals surface area contributed by atoms with Crippen LogP contribution < -0.4 is 5.32 Å². The fraction of sp³-hybridized carbons (Fsp3) is 0.611. The Morgan fingerprint density at radius 3 is 2.48 bits per heavy atom. The normalized spacial score (nSPS) is 30.5. The minimum atomic E-state index is -0.511. The van der Waals surface area contributed by atoms with Crippen LogP contribution in [0.3, 0.4) is 0 Å². The summed E-state index contributed by atoms with van der Waals surface area (Å²) in [6, 6.07) is 1.91. The van der Waals surface area contributed by atoms with Crippen LogP contribution >= 0.6 is 0 Å². The van der Waals surface area contributed by atoms with Gasteiger partial charge in [0.2, 0.25) is 5.91 Å². The molecule has 4 atom stereocenters. The number of hydrogen-bond donors (Lipinski definition) is 1. The average Bonchev–Trinajstić information content (AvgIpc) is 3.06. The number of hydrogen-bond acceptors (Lipinski definition) is 2. The molecule has 1 saturated heterocycles. The van der Waals surface area contributed by atoms with Crippen molar-refractivity contribution in [1.82, 2.24) is 5.32 Å². The quantitative estimate of drug-likeness (QED) is 0.925. The van der Waals surface area contributed by atoms with Gasteiger partial charge in [0.25, 0.3) is 0 Å². The molecule has 3 aliphatic rings. The van der Waals surface area contributed by atoms with Gasteiger partial charge in [-0.25, -0.2) is 8.78 Å². The summed E-state index contributed by atoms with van der Waals surface area (Å²) in [7, 11) is 0. The maximum Gasteiger partial charge on any atom is 0.223 e. The lowest BCUT2D eigenvalue weighted by molar-refractivity contribution is -0.128. The van der Waals surface area contributed by atoms with Gasteiger partial charge in [0.15, 0.2) is 0 Å². The van der Waals surface area contributed by atoms with Gasteiger partial charge in [0, 0.05) is 17.4 Å². The third-order valence-electron chi connectivity index (χ3n) is 5.66. The van der Waals surface area contributed by atoms with E-state index in [1.165, 1.54) is 25.5 Å². The number of halogens is 2. The van der Waals surface area contributed by atoms with Crippen LogP contribution in [0.15, 0.2) is 12.1 Å². The number of ether oxygens (including phenoxy) is 1. The van der Waals surface area contributed by atoms with Crippen LogP contribution in [-0.2, 0) is 9.53 Å². The van der Waals surface area contributed by atoms with Crippen molar-refractivity contribution in [3.05, 3.63) is 34.9 Å². The van der Waals surface area contributed by atoms with Crippen molar-refractivity contribution in [3.63, 3.8) is 0 Å². The molecule has 1 aliphatic heterocycles. The van der Waals surface area contributed by atoms with Crippen LogP contribution in [0, 0.1) is 42.2 Å². The van der Waals surface area contributed by atoms with Gasteiger partial charge < -0.3 is 10.1 Å². The second kappa shape index (κ2) is 5.55. The van der Waals surface area contributed by atoms with E-state index in [2.05, 4.69) is 5.32 Å². The third kappa shape index (κ3) is 2.75. The molecular weight excluding hydrogens is 300 g/mol. The molecule has 3 fully saturated rings. The van der Waals surface area contributed by atoms with Crippen molar-refractivity contribution < 1.29 is 18.3 Å². The molecule has 1 N–H and O–H groups in total. The van der Waals surface area contributed by atoms with Crippen molar-refractivity contribution in [3.8, 4) is 0 Å². The average molecular weight is 321 g/mol. The number of carbonyl (C=O) groups excluding carboxylic acids is 1. The Kier molecular flexibility index (Phi) is 3.63. The van der Waals surface area contributed by atoms with E-state index in [9.17, 15) is 13.6 Å². The van der Waals surface area contributed by atoms with E-state index in [1.807, 2.05) is 0 Å². The molecule has 0 bridgehead atoms. The predicted molar refractivity (Wildman–Crippen MR) is 80.6 cm³/mol. The Labute approximate surface area is 134 Å². The van der Waals surface area contributed by atoms with E-state index in [1.54, 1.807) is 0 Å². The molecule has 5 heteroatoms. The first-order chi connectivity index (χ1) is 11.0. The molecule has 3 nitrogen and oxygen atoms in total. The van der Waals surface area contributed by atoms with Gasteiger partial charge in [-0.2, -0.15) is 0 Å². The second-order valence-corrected chi connectivity index (χ2v) is 7.33. The summed E-state index contributed by atoms with van der Waals surface area (Å²) < 4.78 is 33.4. The largest absolute Gasteiger partial charge is 0.381 e. The zero-order chi connectivity index (χ0) is 16.1. The number of benzene rings is 1. The fourth-order valence-corrected chi connectivity index (χ4v) is 4.00. The molecular formula is C18H21F2NO2. The first-order valence-corrected chi connectivity index (χ1v) is 8.36. The standard InChI is InChI=1S/C18H21F2NO2/c1-9-2-16(20)14(6-15(9)19)17(13-7-23-8-13)21-18(22)12-4-10-3-11(10)5-12/h2,6,10-13,17H,3-5,7-8H2,1H3,(H,21,22)/t10-,11+,12?,17-/m1/s1. The van der Waals surface area contributed by atoms with Gasteiger partial charge in [0.05, 0.1) is 19.3 Å². The van der Waals surface area contributed by atoms with Crippen molar-refractivity contribution >= 4 is 5.91 Å². The second-order valence-electron chi connectivity index (χ2n) is 7.33. The Balaban J connectivity index is 1.55. The van der Waals surface area contributed by atoms with Gasteiger partial charge in [-0.15, -0.1) is 0 Å². The van der Waals surface area contributed by atoms with E-state index in [0.717, 1.165) is 12.8 Å². The molecule has 1 heterocycles. The summed E-state index contributed by atoms with van der Waals surface area (Å²) in [5, 5.41) is 2.98. The Bertz CT molecular complexity index is 634. The zero-order valence-corrected chi connectivity index (χ0v) is 13.1. The lowest BCUT2D eigenvalue weighted by Gasteiger charge is -2.35. The van der Waals surface area contributed by atoms with E-state index >= 15 is 0 Å². The monoisotopic (exact) mass is 321 g/mol. The Morgan fingerprint density at radius 2 is 1.87 bits per heavy atom. The lowest BCUT2D eigenvalue weighted by Crippen LogP contribution is -2.44. The maximum atomic E-state index is 14.3. The van der Waals surface area contributed by atoms with Crippen LogP contribution in [-0.4, -0.2) is 19.1 Å². The summed E-state index contributed by atoms with van der Waals surface area (Å²) in [6.45, 7) is 2.47. The van der Waals surface area contributed by atoms with Gasteiger partial charge >= 0.3 is 0 Å². The summed E-state index contributed by atoms with van der Waals surface area (Å²) in [5.74, 6) is 0.537. The highest BCUT2D eigenvalue weighted by Crippen LogP contribution is 2.54. The van der Waals surface area contributed by atoms with Crippen LogP contribution in [0.1, 0.15) is 36.4 Å². The maximum absolute atomic E-state index is 14.3. The van der Waals surface area contributed by atoms with Crippen LogP contribution in [0.25, 0.3) is 0 Å². The number of rotatable bonds is 4. The van der Waals surface area contributed by atoms with E-state index < -0.39 is 17.7 Å². The highest BCUT2D eigenvalue weighted by Gasteiger charge is 2.48. The number of amides is 1. The van der Waals surface area contributed by atoms with Crippen molar-refractivity contribution in [2.24, 2.45) is 23.7 Å². The summed E-state index contributed by atoms with van der Waals surface area (Å²) in [4.78, 5) is 12.5. The van der Waals surface area contributed by atoms with Crippen molar-refractivity contribution in [2.45, 2.75) is 32.2 Å². The van der Waals surface area contributed by atoms with Gasteiger partial charge in [-0.3, -0.25) is 4.79 Å². The fourth-order valence-electron chi connectivity index (χ4n) is 4.00. The summed E-state index contributed by atoms with van der Waals surface area (Å²) in [5.41, 5.74) is 0.509. The van der Waals surface area contributed by atoms with Crippen molar-refractivity contribution in [2.75, 3.05) is 13.2 Å².